The van der Waals surface area contributed by atoms with Crippen LogP contribution in [-0.4, -0.2) is 12.6 Å². The van der Waals surface area contributed by atoms with Crippen molar-refractivity contribution in [1.29, 1.82) is 0 Å². The summed E-state index contributed by atoms with van der Waals surface area (Å²) in [6.07, 6.45) is 12.0. The van der Waals surface area contributed by atoms with E-state index in [1.807, 2.05) is 0 Å². The van der Waals surface area contributed by atoms with Gasteiger partial charge in [0.2, 0.25) is 0 Å². The molecule has 0 aromatic rings. The van der Waals surface area contributed by atoms with Gasteiger partial charge in [-0.15, -0.1) is 0 Å². The van der Waals surface area contributed by atoms with Crippen LogP contribution in [0.3, 0.4) is 0 Å². The largest absolute Gasteiger partial charge is 0.314 e. The van der Waals surface area contributed by atoms with Crippen molar-refractivity contribution in [3.63, 3.8) is 0 Å². The van der Waals surface area contributed by atoms with Crippen LogP contribution in [0.4, 0.5) is 0 Å². The van der Waals surface area contributed by atoms with E-state index < -0.39 is 0 Å². The summed E-state index contributed by atoms with van der Waals surface area (Å²) in [7, 11) is 0. The molecular weight excluding hydrogens is 194 g/mol. The third kappa shape index (κ3) is 2.07. The molecule has 0 spiro atoms. The van der Waals surface area contributed by atoms with E-state index in [0.29, 0.717) is 5.41 Å². The fourth-order valence-corrected chi connectivity index (χ4v) is 4.06. The first-order chi connectivity index (χ1) is 7.62. The summed E-state index contributed by atoms with van der Waals surface area (Å²) in [6.45, 7) is 6.09. The Balaban J connectivity index is 1.46. The minimum atomic E-state index is 0.590. The van der Waals surface area contributed by atoms with E-state index in [1.165, 1.54) is 38.6 Å². The Morgan fingerprint density at radius 2 is 2.12 bits per heavy atom. The molecule has 0 aliphatic heterocycles. The van der Waals surface area contributed by atoms with Gasteiger partial charge in [0.15, 0.2) is 0 Å². The molecule has 0 saturated heterocycles. The summed E-state index contributed by atoms with van der Waals surface area (Å²) < 4.78 is 0. The van der Waals surface area contributed by atoms with E-state index in [2.05, 4.69) is 31.3 Å². The fraction of sp³-hybridized carbons (Fsp3) is 0.867. The molecule has 90 valence electrons. The molecule has 0 amide bonds. The van der Waals surface area contributed by atoms with E-state index in [1.54, 1.807) is 0 Å². The van der Waals surface area contributed by atoms with Crippen molar-refractivity contribution in [1.82, 2.24) is 5.32 Å². The molecule has 0 aromatic heterocycles. The minimum absolute atomic E-state index is 0.590. The van der Waals surface area contributed by atoms with Gasteiger partial charge in [0.25, 0.3) is 0 Å². The SMILES string of the molecule is CC1(C)CCC(NCC2CC3C=CC2C3)C1. The van der Waals surface area contributed by atoms with Crippen molar-refractivity contribution >= 4 is 0 Å². The van der Waals surface area contributed by atoms with Gasteiger partial charge in [-0.25, -0.2) is 0 Å². The monoisotopic (exact) mass is 219 g/mol. The maximum absolute atomic E-state index is 3.83. The van der Waals surface area contributed by atoms with Crippen LogP contribution >= 0.6 is 0 Å². The van der Waals surface area contributed by atoms with Crippen molar-refractivity contribution in [2.24, 2.45) is 23.2 Å². The first-order valence-corrected chi connectivity index (χ1v) is 7.04. The van der Waals surface area contributed by atoms with Gasteiger partial charge in [-0.05, 0) is 61.8 Å². The van der Waals surface area contributed by atoms with Crippen molar-refractivity contribution < 1.29 is 0 Å². The predicted octanol–water partition coefficient (Wildman–Crippen LogP) is 3.37. The summed E-state index contributed by atoms with van der Waals surface area (Å²) in [5.41, 5.74) is 0.590. The number of allylic oxidation sites excluding steroid dienone is 2. The highest BCUT2D eigenvalue weighted by molar-refractivity contribution is 5.10. The summed E-state index contributed by atoms with van der Waals surface area (Å²) >= 11 is 0. The molecule has 0 aromatic carbocycles. The topological polar surface area (TPSA) is 12.0 Å². The van der Waals surface area contributed by atoms with Crippen LogP contribution in [0.15, 0.2) is 12.2 Å². The zero-order chi connectivity index (χ0) is 11.2. The molecule has 1 nitrogen and oxygen atoms in total. The number of hydrogen-bond donors (Lipinski definition) is 1. The van der Waals surface area contributed by atoms with E-state index >= 15 is 0 Å². The molecule has 3 rings (SSSR count). The number of fused-ring (bicyclic) bond motifs is 2. The van der Waals surface area contributed by atoms with Crippen molar-refractivity contribution in [3.05, 3.63) is 12.2 Å². The first-order valence-electron chi connectivity index (χ1n) is 7.04. The molecule has 2 saturated carbocycles. The van der Waals surface area contributed by atoms with Crippen LogP contribution in [0.5, 0.6) is 0 Å². The Labute approximate surface area is 99.7 Å². The highest BCUT2D eigenvalue weighted by atomic mass is 14.9. The van der Waals surface area contributed by atoms with Crippen LogP contribution in [0.2, 0.25) is 0 Å². The normalized spacial score (nSPS) is 44.4. The fourth-order valence-electron chi connectivity index (χ4n) is 4.06. The van der Waals surface area contributed by atoms with Gasteiger partial charge in [-0.2, -0.15) is 0 Å². The molecule has 3 aliphatic carbocycles. The van der Waals surface area contributed by atoms with Crippen LogP contribution in [0, 0.1) is 23.2 Å². The molecule has 1 N–H and O–H groups in total. The lowest BCUT2D eigenvalue weighted by Crippen LogP contribution is -2.33. The Morgan fingerprint density at radius 3 is 2.69 bits per heavy atom. The second kappa shape index (κ2) is 3.87. The second-order valence-electron chi connectivity index (χ2n) is 7.05. The standard InChI is InChI=1S/C15H25N/c1-15(2)6-5-14(9-15)16-10-13-8-11-3-4-12(13)7-11/h3-4,11-14,16H,5-10H2,1-2H3. The van der Waals surface area contributed by atoms with Gasteiger partial charge in [0.1, 0.15) is 0 Å². The summed E-state index contributed by atoms with van der Waals surface area (Å²) in [5.74, 6) is 2.78. The lowest BCUT2D eigenvalue weighted by atomic mass is 9.91. The number of hydrogen-bond acceptors (Lipinski definition) is 1. The second-order valence-corrected chi connectivity index (χ2v) is 7.05. The average Bonchev–Trinajstić information content (AvgIpc) is 2.89. The maximum Gasteiger partial charge on any atom is 0.00724 e. The van der Waals surface area contributed by atoms with E-state index in [0.717, 1.165) is 23.8 Å². The summed E-state index contributed by atoms with van der Waals surface area (Å²) in [5, 5.41) is 3.83. The average molecular weight is 219 g/mol. The van der Waals surface area contributed by atoms with Crippen LogP contribution < -0.4 is 5.32 Å². The van der Waals surface area contributed by atoms with E-state index in [4.69, 9.17) is 0 Å². The van der Waals surface area contributed by atoms with Gasteiger partial charge in [-0.1, -0.05) is 26.0 Å². The van der Waals surface area contributed by atoms with Gasteiger partial charge in [-0.3, -0.25) is 0 Å². The first kappa shape index (κ1) is 10.8. The summed E-state index contributed by atoms with van der Waals surface area (Å²) in [6, 6.07) is 0.804. The van der Waals surface area contributed by atoms with Crippen molar-refractivity contribution in [3.8, 4) is 0 Å². The van der Waals surface area contributed by atoms with Gasteiger partial charge >= 0.3 is 0 Å². The van der Waals surface area contributed by atoms with Crippen molar-refractivity contribution in [2.45, 2.75) is 52.0 Å². The molecule has 1 heteroatoms. The lowest BCUT2D eigenvalue weighted by molar-refractivity contribution is 0.344. The lowest BCUT2D eigenvalue weighted by Gasteiger charge is -2.22. The third-order valence-corrected chi connectivity index (χ3v) is 5.05. The zero-order valence-corrected chi connectivity index (χ0v) is 10.7. The summed E-state index contributed by atoms with van der Waals surface area (Å²) in [4.78, 5) is 0. The van der Waals surface area contributed by atoms with Crippen LogP contribution in [0.1, 0.15) is 46.0 Å². The van der Waals surface area contributed by atoms with E-state index in [9.17, 15) is 0 Å². The Bertz CT molecular complexity index is 292. The Morgan fingerprint density at radius 1 is 1.25 bits per heavy atom. The highest BCUT2D eigenvalue weighted by Crippen LogP contribution is 2.43. The molecule has 2 fully saturated rings. The predicted molar refractivity (Wildman–Crippen MR) is 68.3 cm³/mol. The third-order valence-electron chi connectivity index (χ3n) is 5.05. The molecule has 0 radical (unpaired) electrons. The van der Waals surface area contributed by atoms with Gasteiger partial charge < -0.3 is 5.32 Å². The van der Waals surface area contributed by atoms with E-state index in [-0.39, 0.29) is 0 Å². The molecule has 4 unspecified atom stereocenters. The van der Waals surface area contributed by atoms with Crippen molar-refractivity contribution in [2.75, 3.05) is 6.54 Å². The molecule has 0 heterocycles. The molecule has 4 atom stereocenters. The Hall–Kier alpha value is -0.300. The number of nitrogens with one attached hydrogen (secondary N) is 1. The van der Waals surface area contributed by atoms with Gasteiger partial charge in [0.05, 0.1) is 0 Å². The molecule has 3 aliphatic rings. The zero-order valence-electron chi connectivity index (χ0n) is 10.7. The molecule has 16 heavy (non-hydrogen) atoms. The highest BCUT2D eigenvalue weighted by Gasteiger charge is 2.36. The smallest absolute Gasteiger partial charge is 0.00724 e. The molecule has 2 bridgehead atoms. The van der Waals surface area contributed by atoms with Crippen LogP contribution in [0.25, 0.3) is 0 Å². The molecular formula is C15H25N. The quantitative estimate of drug-likeness (QED) is 0.718. The van der Waals surface area contributed by atoms with Crippen LogP contribution in [-0.2, 0) is 0 Å². The Kier molecular flexibility index (Phi) is 2.62. The maximum atomic E-state index is 3.83. The minimum Gasteiger partial charge on any atom is -0.314 e. The number of rotatable bonds is 3. The van der Waals surface area contributed by atoms with Gasteiger partial charge in [0, 0.05) is 6.04 Å².